The van der Waals surface area contributed by atoms with Gasteiger partial charge in [0.2, 0.25) is 0 Å². The number of aryl methyl sites for hydroxylation is 2. The van der Waals surface area contributed by atoms with E-state index in [2.05, 4.69) is 16.7 Å². The third-order valence-corrected chi connectivity index (χ3v) is 5.14. The zero-order valence-electron chi connectivity index (χ0n) is 12.2. The van der Waals surface area contributed by atoms with Crippen LogP contribution in [0.3, 0.4) is 0 Å². The lowest BCUT2D eigenvalue weighted by molar-refractivity contribution is 0.0944. The number of nitrogen functional groups attached to an aromatic ring is 1. The van der Waals surface area contributed by atoms with Crippen LogP contribution in [0.2, 0.25) is 0 Å². The van der Waals surface area contributed by atoms with E-state index in [1.54, 1.807) is 16.4 Å². The molecule has 0 aliphatic heterocycles. The quantitative estimate of drug-likeness (QED) is 0.889. The Morgan fingerprint density at radius 3 is 2.90 bits per heavy atom. The number of anilines is 1. The topological polar surface area (TPSA) is 72.9 Å². The van der Waals surface area contributed by atoms with Crippen LogP contribution < -0.4 is 11.1 Å². The molecule has 0 saturated carbocycles. The lowest BCUT2D eigenvalue weighted by Crippen LogP contribution is -2.32. The van der Waals surface area contributed by atoms with Crippen molar-refractivity contribution < 1.29 is 4.79 Å². The molecule has 0 aliphatic carbocycles. The summed E-state index contributed by atoms with van der Waals surface area (Å²) >= 11 is 3.18. The van der Waals surface area contributed by atoms with E-state index < -0.39 is 0 Å². The van der Waals surface area contributed by atoms with Crippen molar-refractivity contribution in [2.45, 2.75) is 26.3 Å². The van der Waals surface area contributed by atoms with Gasteiger partial charge >= 0.3 is 0 Å². The molecule has 7 heteroatoms. The molecule has 3 N–H and O–H groups in total. The molecule has 2 aromatic heterocycles. The van der Waals surface area contributed by atoms with Crippen LogP contribution in [-0.4, -0.2) is 33.7 Å². The summed E-state index contributed by atoms with van der Waals surface area (Å²) in [5.41, 5.74) is 7.53. The predicted octanol–water partition coefficient (Wildman–Crippen LogP) is 2.40. The number of hydrogen-bond donors (Lipinski definition) is 2. The number of nitrogens with one attached hydrogen (secondary N) is 1. The van der Waals surface area contributed by atoms with E-state index in [1.165, 1.54) is 11.3 Å². The second-order valence-electron chi connectivity index (χ2n) is 4.89. The molecule has 2 rings (SSSR count). The molecule has 1 atom stereocenters. The van der Waals surface area contributed by atoms with Gasteiger partial charge in [0.1, 0.15) is 9.71 Å². The van der Waals surface area contributed by atoms with Gasteiger partial charge < -0.3 is 11.1 Å². The maximum absolute atomic E-state index is 12.3. The number of fused-ring (bicyclic) bond motifs is 1. The fourth-order valence-corrected chi connectivity index (χ4v) is 3.83. The van der Waals surface area contributed by atoms with Crippen LogP contribution in [0.1, 0.15) is 28.7 Å². The Morgan fingerprint density at radius 2 is 2.30 bits per heavy atom. The zero-order chi connectivity index (χ0) is 14.9. The van der Waals surface area contributed by atoms with Gasteiger partial charge in [0.25, 0.3) is 5.91 Å². The van der Waals surface area contributed by atoms with Crippen LogP contribution in [0.4, 0.5) is 5.69 Å². The molecule has 2 aromatic rings. The largest absolute Gasteiger partial charge is 0.397 e. The molecule has 2 heterocycles. The highest BCUT2D eigenvalue weighted by Crippen LogP contribution is 2.35. The third-order valence-electron chi connectivity index (χ3n) is 3.22. The summed E-state index contributed by atoms with van der Waals surface area (Å²) in [5, 5.41) is 8.24. The molecule has 0 spiro atoms. The van der Waals surface area contributed by atoms with Gasteiger partial charge in [-0.25, -0.2) is 0 Å². The fourth-order valence-electron chi connectivity index (χ4n) is 2.15. The monoisotopic (exact) mass is 312 g/mol. The van der Waals surface area contributed by atoms with E-state index in [0.29, 0.717) is 10.6 Å². The predicted molar refractivity (Wildman–Crippen MR) is 87.7 cm³/mol. The number of carbonyl (C=O) groups excluding carboxylic acids is 1. The molecule has 110 valence electrons. The lowest BCUT2D eigenvalue weighted by Gasteiger charge is -2.12. The number of nitrogens with two attached hydrogens (primary N) is 1. The van der Waals surface area contributed by atoms with Crippen molar-refractivity contribution in [3.05, 3.63) is 10.6 Å². The molecular formula is C13H20N4OS2. The Morgan fingerprint density at radius 1 is 1.60 bits per heavy atom. The minimum Gasteiger partial charge on any atom is -0.397 e. The van der Waals surface area contributed by atoms with Gasteiger partial charge in [-0.15, -0.1) is 11.3 Å². The summed E-state index contributed by atoms with van der Waals surface area (Å²) in [6.45, 7) is 3.93. The molecule has 0 aromatic carbocycles. The van der Waals surface area contributed by atoms with Gasteiger partial charge in [-0.3, -0.25) is 9.48 Å². The van der Waals surface area contributed by atoms with E-state index in [9.17, 15) is 4.79 Å². The molecule has 0 aliphatic rings. The Kier molecular flexibility index (Phi) is 4.59. The minimum absolute atomic E-state index is 0.0864. The van der Waals surface area contributed by atoms with Crippen LogP contribution in [0.5, 0.6) is 0 Å². The van der Waals surface area contributed by atoms with E-state index in [4.69, 9.17) is 5.73 Å². The van der Waals surface area contributed by atoms with Crippen molar-refractivity contribution in [3.8, 4) is 0 Å². The summed E-state index contributed by atoms with van der Waals surface area (Å²) in [4.78, 5) is 13.8. The fraction of sp³-hybridized carbons (Fsp3) is 0.538. The van der Waals surface area contributed by atoms with Crippen LogP contribution in [0.15, 0.2) is 0 Å². The average molecular weight is 312 g/mol. The summed E-state index contributed by atoms with van der Waals surface area (Å²) < 4.78 is 1.78. The summed E-state index contributed by atoms with van der Waals surface area (Å²) in [7, 11) is 1.87. The van der Waals surface area contributed by atoms with Gasteiger partial charge in [-0.1, -0.05) is 0 Å². The summed E-state index contributed by atoms with van der Waals surface area (Å²) in [6, 6.07) is 0.152. The molecule has 1 amide bonds. The van der Waals surface area contributed by atoms with Crippen LogP contribution >= 0.6 is 23.1 Å². The van der Waals surface area contributed by atoms with Crippen LogP contribution in [0, 0.1) is 6.92 Å². The van der Waals surface area contributed by atoms with E-state index in [0.717, 1.165) is 28.1 Å². The van der Waals surface area contributed by atoms with Gasteiger partial charge in [0.05, 0.1) is 16.8 Å². The van der Waals surface area contributed by atoms with Crippen molar-refractivity contribution >= 4 is 44.9 Å². The van der Waals surface area contributed by atoms with Gasteiger partial charge in [-0.05, 0) is 32.3 Å². The number of nitrogens with zero attached hydrogens (tertiary/aromatic N) is 2. The summed E-state index contributed by atoms with van der Waals surface area (Å²) in [6.07, 6.45) is 3.02. The van der Waals surface area contributed by atoms with Gasteiger partial charge in [0, 0.05) is 13.1 Å². The number of thioether (sulfide) groups is 1. The highest BCUT2D eigenvalue weighted by molar-refractivity contribution is 7.98. The van der Waals surface area contributed by atoms with Crippen molar-refractivity contribution in [2.24, 2.45) is 7.05 Å². The molecular weight excluding hydrogens is 292 g/mol. The smallest absolute Gasteiger partial charge is 0.263 e. The summed E-state index contributed by atoms with van der Waals surface area (Å²) in [5.74, 6) is 0.948. The maximum atomic E-state index is 12.3. The number of aromatic nitrogens is 2. The maximum Gasteiger partial charge on any atom is 0.263 e. The van der Waals surface area contributed by atoms with Crippen LogP contribution in [-0.2, 0) is 7.05 Å². The van der Waals surface area contributed by atoms with Crippen molar-refractivity contribution in [1.82, 2.24) is 15.1 Å². The third kappa shape index (κ3) is 2.78. The normalized spacial score (nSPS) is 12.8. The standard InChI is InChI=1S/C13H20N4OS2/c1-7(5-6-19-4)15-12(18)11-10(14)9-8(2)16-17(3)13(9)20-11/h7H,5-6,14H2,1-4H3,(H,15,18). The highest BCUT2D eigenvalue weighted by Gasteiger charge is 2.21. The second kappa shape index (κ2) is 6.05. The first-order chi connectivity index (χ1) is 9.45. The van der Waals surface area contributed by atoms with Crippen molar-refractivity contribution in [3.63, 3.8) is 0 Å². The van der Waals surface area contributed by atoms with E-state index in [-0.39, 0.29) is 11.9 Å². The minimum atomic E-state index is -0.0864. The molecule has 20 heavy (non-hydrogen) atoms. The number of carbonyl (C=O) groups is 1. The number of thiophene rings is 1. The number of amides is 1. The molecule has 0 saturated heterocycles. The Hall–Kier alpha value is -1.21. The van der Waals surface area contributed by atoms with Gasteiger partial charge in [-0.2, -0.15) is 16.9 Å². The number of rotatable bonds is 5. The lowest BCUT2D eigenvalue weighted by atomic mass is 10.2. The van der Waals surface area contributed by atoms with Gasteiger partial charge in [0.15, 0.2) is 0 Å². The molecule has 0 radical (unpaired) electrons. The second-order valence-corrected chi connectivity index (χ2v) is 6.87. The van der Waals surface area contributed by atoms with E-state index >= 15 is 0 Å². The van der Waals surface area contributed by atoms with Crippen molar-refractivity contribution in [2.75, 3.05) is 17.7 Å². The van der Waals surface area contributed by atoms with Crippen LogP contribution in [0.25, 0.3) is 10.2 Å². The van der Waals surface area contributed by atoms with Crippen molar-refractivity contribution in [1.29, 1.82) is 0 Å². The Balaban J connectivity index is 2.22. The molecule has 0 fully saturated rings. The first kappa shape index (κ1) is 15.2. The Bertz CT molecular complexity index is 632. The van der Waals surface area contributed by atoms with E-state index in [1.807, 2.05) is 20.9 Å². The molecule has 5 nitrogen and oxygen atoms in total. The Labute approximate surface area is 126 Å². The zero-order valence-corrected chi connectivity index (χ0v) is 13.8. The average Bonchev–Trinajstić information content (AvgIpc) is 2.87. The number of hydrogen-bond acceptors (Lipinski definition) is 5. The first-order valence-electron chi connectivity index (χ1n) is 6.47. The highest BCUT2D eigenvalue weighted by atomic mass is 32.2. The molecule has 1 unspecified atom stereocenters. The SMILES string of the molecule is CSCCC(C)NC(=O)c1sc2c(c(C)nn2C)c1N. The molecule has 0 bridgehead atoms. The first-order valence-corrected chi connectivity index (χ1v) is 8.68.